The van der Waals surface area contributed by atoms with Crippen molar-refractivity contribution in [1.82, 2.24) is 0 Å². The highest BCUT2D eigenvalue weighted by molar-refractivity contribution is 8.93. The van der Waals surface area contributed by atoms with Crippen molar-refractivity contribution < 1.29 is 5.11 Å². The van der Waals surface area contributed by atoms with Gasteiger partial charge in [-0.05, 0) is 25.5 Å². The quantitative estimate of drug-likeness (QED) is 0.857. The summed E-state index contributed by atoms with van der Waals surface area (Å²) in [5.74, 6) is 0. The second-order valence-corrected chi connectivity index (χ2v) is 4.95. The number of anilines is 1. The van der Waals surface area contributed by atoms with E-state index in [0.29, 0.717) is 6.04 Å². The lowest BCUT2D eigenvalue weighted by molar-refractivity contribution is 0.173. The topological polar surface area (TPSA) is 23.5 Å². The number of benzene rings is 1. The first-order chi connectivity index (χ1) is 6.96. The van der Waals surface area contributed by atoms with E-state index in [1.165, 1.54) is 11.3 Å². The second-order valence-electron chi connectivity index (χ2n) is 4.95. The number of fused-ring (bicyclic) bond motifs is 1. The van der Waals surface area contributed by atoms with Gasteiger partial charge in [0.1, 0.15) is 6.23 Å². The fraction of sp³-hybridized carbons (Fsp3) is 0.538. The van der Waals surface area contributed by atoms with E-state index >= 15 is 0 Å². The molecule has 1 aliphatic heterocycles. The molecular weight excluding hydrogens is 266 g/mol. The van der Waals surface area contributed by atoms with E-state index in [4.69, 9.17) is 0 Å². The molecule has 16 heavy (non-hydrogen) atoms. The molecule has 0 saturated carbocycles. The minimum atomic E-state index is -0.428. The summed E-state index contributed by atoms with van der Waals surface area (Å²) in [6, 6.07) is 8.68. The molecule has 2 atom stereocenters. The van der Waals surface area contributed by atoms with Crippen molar-refractivity contribution in [2.45, 2.75) is 45.4 Å². The maximum absolute atomic E-state index is 9.83. The summed E-state index contributed by atoms with van der Waals surface area (Å²) in [6.45, 7) is 8.47. The predicted octanol–water partition coefficient (Wildman–Crippen LogP) is 3.09. The minimum Gasteiger partial charge on any atom is -0.374 e. The molecule has 0 spiro atoms. The first kappa shape index (κ1) is 13.5. The molecule has 1 aromatic carbocycles. The minimum absolute atomic E-state index is 0. The standard InChI is InChI=1S/C13H19NO.BrH/c1-9-13(3,4)11-7-5-6-8-12(11)14(9)10(2)15;/h5-10,15H,1-4H3;1H. The van der Waals surface area contributed by atoms with Gasteiger partial charge in [0.05, 0.1) is 0 Å². The van der Waals surface area contributed by atoms with Gasteiger partial charge in [0, 0.05) is 17.1 Å². The summed E-state index contributed by atoms with van der Waals surface area (Å²) in [5, 5.41) is 9.83. The number of para-hydroxylation sites is 1. The molecule has 0 aliphatic carbocycles. The van der Waals surface area contributed by atoms with E-state index in [1.54, 1.807) is 0 Å². The molecule has 0 saturated heterocycles. The van der Waals surface area contributed by atoms with Crippen molar-refractivity contribution in [2.75, 3.05) is 4.90 Å². The molecule has 1 heterocycles. The van der Waals surface area contributed by atoms with E-state index in [2.05, 4.69) is 43.9 Å². The third-order valence-corrected chi connectivity index (χ3v) is 3.74. The molecule has 0 amide bonds. The van der Waals surface area contributed by atoms with Crippen LogP contribution in [0.5, 0.6) is 0 Å². The van der Waals surface area contributed by atoms with E-state index < -0.39 is 6.23 Å². The van der Waals surface area contributed by atoms with Gasteiger partial charge in [-0.2, -0.15) is 0 Å². The molecule has 0 radical (unpaired) electrons. The summed E-state index contributed by atoms with van der Waals surface area (Å²) < 4.78 is 0. The summed E-state index contributed by atoms with van der Waals surface area (Å²) in [6.07, 6.45) is -0.428. The summed E-state index contributed by atoms with van der Waals surface area (Å²) in [4.78, 5) is 2.09. The highest BCUT2D eigenvalue weighted by Crippen LogP contribution is 2.45. The van der Waals surface area contributed by atoms with Gasteiger partial charge >= 0.3 is 0 Å². The molecule has 1 aromatic rings. The van der Waals surface area contributed by atoms with Crippen molar-refractivity contribution in [3.63, 3.8) is 0 Å². The van der Waals surface area contributed by atoms with Gasteiger partial charge in [-0.3, -0.25) is 0 Å². The molecule has 0 fully saturated rings. The SMILES string of the molecule is Br.CC(O)N1c2ccccc2C(C)(C)C1C. The van der Waals surface area contributed by atoms with Crippen LogP contribution in [0.1, 0.15) is 33.3 Å². The van der Waals surface area contributed by atoms with Crippen molar-refractivity contribution in [1.29, 1.82) is 0 Å². The zero-order valence-corrected chi connectivity index (χ0v) is 12.0. The lowest BCUT2D eigenvalue weighted by Crippen LogP contribution is -2.43. The molecule has 90 valence electrons. The highest BCUT2D eigenvalue weighted by atomic mass is 79.9. The highest BCUT2D eigenvalue weighted by Gasteiger charge is 2.42. The van der Waals surface area contributed by atoms with Crippen LogP contribution in [0.25, 0.3) is 0 Å². The van der Waals surface area contributed by atoms with E-state index in [0.717, 1.165) is 0 Å². The van der Waals surface area contributed by atoms with Crippen molar-refractivity contribution >= 4 is 22.7 Å². The van der Waals surface area contributed by atoms with Gasteiger partial charge < -0.3 is 10.0 Å². The molecular formula is C13H20BrNO. The number of aliphatic hydroxyl groups excluding tert-OH is 1. The van der Waals surface area contributed by atoms with Gasteiger partial charge in [0.2, 0.25) is 0 Å². The Hall–Kier alpha value is -0.540. The largest absolute Gasteiger partial charge is 0.374 e. The number of hydrogen-bond donors (Lipinski definition) is 1. The number of halogens is 1. The normalized spacial score (nSPS) is 23.6. The van der Waals surface area contributed by atoms with Crippen molar-refractivity contribution in [2.24, 2.45) is 0 Å². The molecule has 3 heteroatoms. The van der Waals surface area contributed by atoms with E-state index in [1.807, 2.05) is 13.0 Å². The summed E-state index contributed by atoms with van der Waals surface area (Å²) in [7, 11) is 0. The average molecular weight is 286 g/mol. The van der Waals surface area contributed by atoms with Crippen molar-refractivity contribution in [3.8, 4) is 0 Å². The number of nitrogens with zero attached hydrogens (tertiary/aromatic N) is 1. The van der Waals surface area contributed by atoms with Gasteiger partial charge in [-0.25, -0.2) is 0 Å². The van der Waals surface area contributed by atoms with E-state index in [-0.39, 0.29) is 22.4 Å². The number of aliphatic hydroxyl groups is 1. The third kappa shape index (κ3) is 1.76. The van der Waals surface area contributed by atoms with Crippen LogP contribution in [-0.4, -0.2) is 17.4 Å². The Balaban J connectivity index is 0.00000128. The maximum Gasteiger partial charge on any atom is 0.124 e. The summed E-state index contributed by atoms with van der Waals surface area (Å²) in [5.41, 5.74) is 2.61. The fourth-order valence-electron chi connectivity index (χ4n) is 2.55. The van der Waals surface area contributed by atoms with Gasteiger partial charge in [-0.1, -0.05) is 32.0 Å². The maximum atomic E-state index is 9.83. The Morgan fingerprint density at radius 1 is 1.31 bits per heavy atom. The number of rotatable bonds is 1. The second kappa shape index (κ2) is 4.38. The fourth-order valence-corrected chi connectivity index (χ4v) is 2.55. The Morgan fingerprint density at radius 2 is 1.88 bits per heavy atom. The molecule has 2 unspecified atom stereocenters. The first-order valence-electron chi connectivity index (χ1n) is 5.52. The predicted molar refractivity (Wildman–Crippen MR) is 73.4 cm³/mol. The van der Waals surface area contributed by atoms with Gasteiger partial charge in [-0.15, -0.1) is 17.0 Å². The van der Waals surface area contributed by atoms with Crippen LogP contribution in [0.2, 0.25) is 0 Å². The van der Waals surface area contributed by atoms with Crippen LogP contribution in [0.15, 0.2) is 24.3 Å². The Kier molecular flexibility index (Phi) is 3.70. The Morgan fingerprint density at radius 3 is 2.44 bits per heavy atom. The van der Waals surface area contributed by atoms with Crippen LogP contribution < -0.4 is 4.90 Å². The van der Waals surface area contributed by atoms with Crippen LogP contribution in [-0.2, 0) is 5.41 Å². The molecule has 0 bridgehead atoms. The third-order valence-electron chi connectivity index (χ3n) is 3.74. The van der Waals surface area contributed by atoms with Crippen LogP contribution in [0, 0.1) is 0 Å². The number of hydrogen-bond acceptors (Lipinski definition) is 2. The lowest BCUT2D eigenvalue weighted by atomic mass is 9.81. The lowest BCUT2D eigenvalue weighted by Gasteiger charge is -2.33. The van der Waals surface area contributed by atoms with E-state index in [9.17, 15) is 5.11 Å². The van der Waals surface area contributed by atoms with Gasteiger partial charge in [0.25, 0.3) is 0 Å². The molecule has 2 nitrogen and oxygen atoms in total. The van der Waals surface area contributed by atoms with Crippen molar-refractivity contribution in [3.05, 3.63) is 29.8 Å². The molecule has 1 N–H and O–H groups in total. The smallest absolute Gasteiger partial charge is 0.124 e. The first-order valence-corrected chi connectivity index (χ1v) is 5.52. The zero-order valence-electron chi connectivity index (χ0n) is 10.3. The van der Waals surface area contributed by atoms with Crippen LogP contribution >= 0.6 is 17.0 Å². The Bertz CT molecular complexity index is 376. The van der Waals surface area contributed by atoms with Gasteiger partial charge in [0.15, 0.2) is 0 Å². The molecule has 1 aliphatic rings. The molecule has 0 aromatic heterocycles. The Labute approximate surface area is 108 Å². The zero-order chi connectivity index (χ0) is 11.2. The van der Waals surface area contributed by atoms with Crippen LogP contribution in [0.3, 0.4) is 0 Å². The monoisotopic (exact) mass is 285 g/mol. The summed E-state index contributed by atoms with van der Waals surface area (Å²) >= 11 is 0. The van der Waals surface area contributed by atoms with Crippen LogP contribution in [0.4, 0.5) is 5.69 Å². The molecule has 2 rings (SSSR count). The average Bonchev–Trinajstić information content (AvgIpc) is 2.36.